The fourth-order valence-electron chi connectivity index (χ4n) is 2.65. The summed E-state index contributed by atoms with van der Waals surface area (Å²) in [6.07, 6.45) is 1.16. The number of ether oxygens (including phenoxy) is 2. The fraction of sp³-hybridized carbons (Fsp3) is 0.438. The number of aliphatic imine (C=N–C) groups is 1. The SMILES string of the molecule is COc1ccc(NC2=C3OCC(C(O)O)N=C3CCC2)cc1. The van der Waals surface area contributed by atoms with E-state index in [-0.39, 0.29) is 6.61 Å². The molecule has 2 aliphatic rings. The smallest absolute Gasteiger partial charge is 0.177 e. The minimum Gasteiger partial charge on any atom is -0.497 e. The van der Waals surface area contributed by atoms with Crippen molar-refractivity contribution in [1.29, 1.82) is 0 Å². The van der Waals surface area contributed by atoms with Crippen molar-refractivity contribution in [1.82, 2.24) is 0 Å². The topological polar surface area (TPSA) is 83.3 Å². The minimum atomic E-state index is -1.48. The van der Waals surface area contributed by atoms with Crippen molar-refractivity contribution < 1.29 is 19.7 Å². The number of hydrogen-bond acceptors (Lipinski definition) is 6. The third-order valence-corrected chi connectivity index (χ3v) is 3.83. The number of hydrogen-bond donors (Lipinski definition) is 3. The lowest BCUT2D eigenvalue weighted by Crippen LogP contribution is -2.36. The van der Waals surface area contributed by atoms with Crippen LogP contribution in [0.4, 0.5) is 5.69 Å². The molecule has 0 bridgehead atoms. The third kappa shape index (κ3) is 3.08. The molecule has 3 N–H and O–H groups in total. The molecule has 1 aliphatic heterocycles. The molecule has 6 heteroatoms. The van der Waals surface area contributed by atoms with E-state index < -0.39 is 12.3 Å². The van der Waals surface area contributed by atoms with Crippen molar-refractivity contribution >= 4 is 11.4 Å². The summed E-state index contributed by atoms with van der Waals surface area (Å²) >= 11 is 0. The molecule has 22 heavy (non-hydrogen) atoms. The van der Waals surface area contributed by atoms with Crippen LogP contribution in [0.1, 0.15) is 19.3 Å². The van der Waals surface area contributed by atoms with E-state index in [1.54, 1.807) is 7.11 Å². The quantitative estimate of drug-likeness (QED) is 0.737. The molecule has 0 fully saturated rings. The van der Waals surface area contributed by atoms with Gasteiger partial charge < -0.3 is 25.0 Å². The van der Waals surface area contributed by atoms with Crippen LogP contribution in [-0.4, -0.2) is 42.0 Å². The molecule has 0 aromatic heterocycles. The number of aliphatic hydroxyl groups excluding tert-OH is 1. The van der Waals surface area contributed by atoms with Gasteiger partial charge in [-0.15, -0.1) is 0 Å². The molecule has 1 aromatic carbocycles. The molecule has 6 nitrogen and oxygen atoms in total. The first kappa shape index (κ1) is 14.9. The van der Waals surface area contributed by atoms with Gasteiger partial charge in [0.25, 0.3) is 0 Å². The summed E-state index contributed by atoms with van der Waals surface area (Å²) in [5, 5.41) is 21.9. The lowest BCUT2D eigenvalue weighted by atomic mass is 9.99. The number of fused-ring (bicyclic) bond motifs is 1. The van der Waals surface area contributed by atoms with Gasteiger partial charge in [0.2, 0.25) is 0 Å². The Kier molecular flexibility index (Phi) is 4.31. The van der Waals surface area contributed by atoms with Crippen LogP contribution in [-0.2, 0) is 4.74 Å². The van der Waals surface area contributed by atoms with Crippen molar-refractivity contribution in [2.24, 2.45) is 4.99 Å². The van der Waals surface area contributed by atoms with Gasteiger partial charge in [0.15, 0.2) is 12.0 Å². The Morgan fingerprint density at radius 1 is 1.27 bits per heavy atom. The van der Waals surface area contributed by atoms with Crippen LogP contribution in [0.25, 0.3) is 0 Å². The Bertz CT molecular complexity index is 593. The van der Waals surface area contributed by atoms with Crippen LogP contribution in [0.2, 0.25) is 0 Å². The summed E-state index contributed by atoms with van der Waals surface area (Å²) in [6, 6.07) is 7.08. The van der Waals surface area contributed by atoms with Gasteiger partial charge in [-0.3, -0.25) is 4.99 Å². The van der Waals surface area contributed by atoms with Crippen molar-refractivity contribution in [2.45, 2.75) is 31.6 Å². The van der Waals surface area contributed by atoms with Crippen molar-refractivity contribution in [3.8, 4) is 5.75 Å². The largest absolute Gasteiger partial charge is 0.497 e. The second-order valence-electron chi connectivity index (χ2n) is 5.38. The van der Waals surface area contributed by atoms with Crippen LogP contribution in [0.5, 0.6) is 5.75 Å². The molecule has 1 heterocycles. The highest BCUT2D eigenvalue weighted by molar-refractivity contribution is 6.00. The van der Waals surface area contributed by atoms with Crippen LogP contribution >= 0.6 is 0 Å². The van der Waals surface area contributed by atoms with E-state index in [1.165, 1.54) is 0 Å². The Morgan fingerprint density at radius 2 is 2.05 bits per heavy atom. The maximum absolute atomic E-state index is 9.24. The second kappa shape index (κ2) is 6.37. The molecule has 0 amide bonds. The van der Waals surface area contributed by atoms with Crippen molar-refractivity contribution in [3.05, 3.63) is 35.7 Å². The monoisotopic (exact) mass is 304 g/mol. The first-order valence-corrected chi connectivity index (χ1v) is 7.37. The molecule has 0 saturated heterocycles. The summed E-state index contributed by atoms with van der Waals surface area (Å²) in [4.78, 5) is 4.40. The molecule has 1 aromatic rings. The number of rotatable bonds is 4. The van der Waals surface area contributed by atoms with Crippen LogP contribution < -0.4 is 10.1 Å². The van der Waals surface area contributed by atoms with E-state index in [9.17, 15) is 10.2 Å². The average Bonchev–Trinajstić information content (AvgIpc) is 2.55. The second-order valence-corrected chi connectivity index (χ2v) is 5.38. The zero-order valence-corrected chi connectivity index (χ0v) is 12.5. The zero-order valence-electron chi connectivity index (χ0n) is 12.5. The molecule has 3 rings (SSSR count). The predicted molar refractivity (Wildman–Crippen MR) is 82.9 cm³/mol. The number of methoxy groups -OCH3 is 1. The van der Waals surface area contributed by atoms with Gasteiger partial charge in [-0.25, -0.2) is 0 Å². The Hall–Kier alpha value is -2.05. The Labute approximate surface area is 129 Å². The van der Waals surface area contributed by atoms with Crippen LogP contribution in [0.15, 0.2) is 40.7 Å². The summed E-state index contributed by atoms with van der Waals surface area (Å²) in [6.45, 7) is 0.185. The standard InChI is InChI=1S/C16H20N2O4/c1-21-11-7-5-10(6-8-11)17-12-3-2-4-13-15(12)22-9-14(18-13)16(19)20/h5-8,14,16-17,19-20H,2-4,9H2,1H3. The highest BCUT2D eigenvalue weighted by atomic mass is 16.5. The molecular weight excluding hydrogens is 284 g/mol. The van der Waals surface area contributed by atoms with E-state index in [2.05, 4.69) is 10.3 Å². The summed E-state index contributed by atoms with van der Waals surface area (Å²) < 4.78 is 10.9. The first-order valence-electron chi connectivity index (χ1n) is 7.37. The molecule has 118 valence electrons. The van der Waals surface area contributed by atoms with Gasteiger partial charge in [-0.05, 0) is 43.5 Å². The number of aliphatic hydroxyl groups is 2. The Morgan fingerprint density at radius 3 is 2.73 bits per heavy atom. The van der Waals surface area contributed by atoms with Crippen molar-refractivity contribution in [2.75, 3.05) is 19.0 Å². The summed E-state index contributed by atoms with van der Waals surface area (Å²) in [5.41, 5.74) is 2.75. The summed E-state index contributed by atoms with van der Waals surface area (Å²) in [7, 11) is 1.64. The molecule has 1 atom stereocenters. The van der Waals surface area contributed by atoms with Gasteiger partial charge in [0.05, 0.1) is 18.5 Å². The van der Waals surface area contributed by atoms with Crippen molar-refractivity contribution in [3.63, 3.8) is 0 Å². The number of benzene rings is 1. The van der Waals surface area contributed by atoms with Gasteiger partial charge >= 0.3 is 0 Å². The maximum atomic E-state index is 9.24. The van der Waals surface area contributed by atoms with Gasteiger partial charge in [0.1, 0.15) is 18.4 Å². The molecular formula is C16H20N2O4. The highest BCUT2D eigenvalue weighted by Crippen LogP contribution is 2.29. The third-order valence-electron chi connectivity index (χ3n) is 3.83. The molecule has 1 aliphatic carbocycles. The van der Waals surface area contributed by atoms with E-state index in [1.807, 2.05) is 24.3 Å². The molecule has 0 spiro atoms. The normalized spacial score (nSPS) is 21.1. The lowest BCUT2D eigenvalue weighted by molar-refractivity contribution is -0.0717. The minimum absolute atomic E-state index is 0.185. The maximum Gasteiger partial charge on any atom is 0.177 e. The first-order chi connectivity index (χ1) is 10.7. The number of nitrogens with one attached hydrogen (secondary N) is 1. The van der Waals surface area contributed by atoms with Gasteiger partial charge in [-0.1, -0.05) is 0 Å². The average molecular weight is 304 g/mol. The zero-order chi connectivity index (χ0) is 15.5. The predicted octanol–water partition coefficient (Wildman–Crippen LogP) is 1.65. The van der Waals surface area contributed by atoms with Gasteiger partial charge in [-0.2, -0.15) is 0 Å². The Balaban J connectivity index is 1.81. The van der Waals surface area contributed by atoms with Crippen LogP contribution in [0.3, 0.4) is 0 Å². The lowest BCUT2D eigenvalue weighted by Gasteiger charge is -2.30. The molecule has 1 unspecified atom stereocenters. The number of nitrogens with zero attached hydrogens (tertiary/aromatic N) is 1. The number of anilines is 1. The van der Waals surface area contributed by atoms with Gasteiger partial charge in [0, 0.05) is 5.69 Å². The van der Waals surface area contributed by atoms with E-state index in [4.69, 9.17) is 9.47 Å². The molecule has 0 radical (unpaired) electrons. The number of allylic oxidation sites excluding steroid dienone is 2. The highest BCUT2D eigenvalue weighted by Gasteiger charge is 2.29. The summed E-state index contributed by atoms with van der Waals surface area (Å²) in [5.74, 6) is 1.56. The fourth-order valence-corrected chi connectivity index (χ4v) is 2.65. The van der Waals surface area contributed by atoms with E-state index in [0.717, 1.165) is 47.9 Å². The molecule has 0 saturated carbocycles. The van der Waals surface area contributed by atoms with Crippen LogP contribution in [0, 0.1) is 0 Å². The van der Waals surface area contributed by atoms with E-state index in [0.29, 0.717) is 0 Å². The van der Waals surface area contributed by atoms with E-state index >= 15 is 0 Å².